The fourth-order valence-corrected chi connectivity index (χ4v) is 3.02. The summed E-state index contributed by atoms with van der Waals surface area (Å²) in [6, 6.07) is 21.6. The number of benzene rings is 3. The number of carbonyl (C=O) groups is 1. The van der Waals surface area contributed by atoms with E-state index in [4.69, 9.17) is 13.9 Å². The zero-order valence-corrected chi connectivity index (χ0v) is 16.9. The molecule has 0 amide bonds. The van der Waals surface area contributed by atoms with Gasteiger partial charge in [-0.2, -0.15) is 0 Å². The Morgan fingerprint density at radius 3 is 2.45 bits per heavy atom. The van der Waals surface area contributed by atoms with Gasteiger partial charge >= 0.3 is 5.97 Å². The van der Waals surface area contributed by atoms with Crippen LogP contribution in [0.5, 0.6) is 17.2 Å². The topological polar surface area (TPSA) is 65.7 Å². The van der Waals surface area contributed by atoms with Gasteiger partial charge in [-0.05, 0) is 47.9 Å². The molecule has 0 spiro atoms. The van der Waals surface area contributed by atoms with Gasteiger partial charge in [0.2, 0.25) is 11.2 Å². The first-order valence-corrected chi connectivity index (χ1v) is 9.89. The van der Waals surface area contributed by atoms with Gasteiger partial charge in [0.05, 0.1) is 5.39 Å². The number of ether oxygens (including phenoxy) is 2. The van der Waals surface area contributed by atoms with Crippen LogP contribution in [0.2, 0.25) is 0 Å². The van der Waals surface area contributed by atoms with Crippen molar-refractivity contribution in [3.8, 4) is 17.2 Å². The largest absolute Gasteiger partial charge is 0.460 e. The zero-order valence-electron chi connectivity index (χ0n) is 16.9. The van der Waals surface area contributed by atoms with Crippen molar-refractivity contribution in [3.63, 3.8) is 0 Å². The zero-order chi connectivity index (χ0) is 21.6. The lowest BCUT2D eigenvalue weighted by Crippen LogP contribution is -2.06. The van der Waals surface area contributed by atoms with Crippen LogP contribution in [0.1, 0.15) is 18.1 Å². The molecule has 0 radical (unpaired) electrons. The van der Waals surface area contributed by atoms with Crippen molar-refractivity contribution in [1.29, 1.82) is 0 Å². The van der Waals surface area contributed by atoms with Crippen LogP contribution in [0.4, 0.5) is 0 Å². The molecule has 5 nitrogen and oxygen atoms in total. The van der Waals surface area contributed by atoms with Gasteiger partial charge in [-0.25, -0.2) is 4.79 Å². The first kappa shape index (κ1) is 20.2. The summed E-state index contributed by atoms with van der Waals surface area (Å²) in [4.78, 5) is 24.8. The first-order valence-electron chi connectivity index (χ1n) is 9.89. The highest BCUT2D eigenvalue weighted by Gasteiger charge is 2.11. The number of fused-ring (bicyclic) bond motifs is 1. The van der Waals surface area contributed by atoms with E-state index in [0.29, 0.717) is 16.7 Å². The van der Waals surface area contributed by atoms with E-state index in [2.05, 4.69) is 6.92 Å². The molecule has 5 heteroatoms. The average Bonchev–Trinajstić information content (AvgIpc) is 2.81. The molecule has 4 aromatic rings. The molecule has 1 aromatic heterocycles. The molecule has 0 aliphatic heterocycles. The number of esters is 1. The van der Waals surface area contributed by atoms with Gasteiger partial charge in [0.1, 0.15) is 23.3 Å². The summed E-state index contributed by atoms with van der Waals surface area (Å²) in [5.74, 6) is 0.398. The standard InChI is InChI=1S/C26H20O5/c1-2-18-8-11-20(12-9-18)30-24-17-29-23-16-21(13-14-22(23)26(24)28)31-25(27)15-10-19-6-4-3-5-7-19/h3-17H,2H2,1H3. The maximum atomic E-state index is 12.7. The van der Waals surface area contributed by atoms with Crippen molar-refractivity contribution < 1.29 is 18.7 Å². The maximum absolute atomic E-state index is 12.7. The highest BCUT2D eigenvalue weighted by atomic mass is 16.5. The summed E-state index contributed by atoms with van der Waals surface area (Å²) < 4.78 is 16.6. The SMILES string of the molecule is CCc1ccc(Oc2coc3cc(OC(=O)C=Cc4ccccc4)ccc3c2=O)cc1. The van der Waals surface area contributed by atoms with Crippen molar-refractivity contribution in [2.45, 2.75) is 13.3 Å². The van der Waals surface area contributed by atoms with Gasteiger partial charge in [-0.3, -0.25) is 4.79 Å². The lowest BCUT2D eigenvalue weighted by atomic mass is 10.2. The summed E-state index contributed by atoms with van der Waals surface area (Å²) in [5.41, 5.74) is 2.07. The predicted octanol–water partition coefficient (Wildman–Crippen LogP) is 5.77. The summed E-state index contributed by atoms with van der Waals surface area (Å²) >= 11 is 0. The van der Waals surface area contributed by atoms with Gasteiger partial charge in [0.25, 0.3) is 0 Å². The summed E-state index contributed by atoms with van der Waals surface area (Å²) in [5, 5.41) is 0.335. The van der Waals surface area contributed by atoms with Crippen molar-refractivity contribution in [2.24, 2.45) is 0 Å². The molecule has 4 rings (SSSR count). The third-order valence-electron chi connectivity index (χ3n) is 4.70. The Balaban J connectivity index is 1.50. The van der Waals surface area contributed by atoms with E-state index in [0.717, 1.165) is 12.0 Å². The molecule has 0 saturated heterocycles. The lowest BCUT2D eigenvalue weighted by molar-refractivity contribution is -0.128. The van der Waals surface area contributed by atoms with Gasteiger partial charge in [-0.1, -0.05) is 49.4 Å². The van der Waals surface area contributed by atoms with Crippen LogP contribution in [-0.4, -0.2) is 5.97 Å². The van der Waals surface area contributed by atoms with E-state index in [1.165, 1.54) is 24.0 Å². The number of carbonyl (C=O) groups excluding carboxylic acids is 1. The van der Waals surface area contributed by atoms with E-state index in [1.807, 2.05) is 54.6 Å². The van der Waals surface area contributed by atoms with Crippen LogP contribution in [0.15, 0.2) is 94.3 Å². The van der Waals surface area contributed by atoms with E-state index < -0.39 is 5.97 Å². The molecule has 0 aliphatic rings. The Morgan fingerprint density at radius 1 is 0.968 bits per heavy atom. The van der Waals surface area contributed by atoms with Crippen molar-refractivity contribution in [2.75, 3.05) is 0 Å². The second-order valence-corrected chi connectivity index (χ2v) is 6.85. The summed E-state index contributed by atoms with van der Waals surface area (Å²) in [6.45, 7) is 2.07. The van der Waals surface area contributed by atoms with Gasteiger partial charge in [0, 0.05) is 12.1 Å². The number of hydrogen-bond acceptors (Lipinski definition) is 5. The molecule has 0 fully saturated rings. The Labute approximate surface area is 179 Å². The molecular formula is C26H20O5. The van der Waals surface area contributed by atoms with E-state index in [9.17, 15) is 9.59 Å². The fraction of sp³-hybridized carbons (Fsp3) is 0.0769. The van der Waals surface area contributed by atoms with Gasteiger partial charge in [-0.15, -0.1) is 0 Å². The average molecular weight is 412 g/mol. The Kier molecular flexibility index (Phi) is 5.94. The minimum absolute atomic E-state index is 0.0901. The van der Waals surface area contributed by atoms with Crippen LogP contribution in [0.3, 0.4) is 0 Å². The minimum atomic E-state index is -0.527. The second-order valence-electron chi connectivity index (χ2n) is 6.85. The molecule has 0 saturated carbocycles. The highest BCUT2D eigenvalue weighted by molar-refractivity contribution is 5.89. The second kappa shape index (κ2) is 9.13. The molecule has 1 heterocycles. The normalized spacial score (nSPS) is 11.0. The molecular weight excluding hydrogens is 392 g/mol. The molecule has 0 N–H and O–H groups in total. The van der Waals surface area contributed by atoms with Crippen LogP contribution in [-0.2, 0) is 11.2 Å². The fourth-order valence-electron chi connectivity index (χ4n) is 3.02. The smallest absolute Gasteiger partial charge is 0.336 e. The highest BCUT2D eigenvalue weighted by Crippen LogP contribution is 2.24. The number of aryl methyl sites for hydroxylation is 1. The monoisotopic (exact) mass is 412 g/mol. The quantitative estimate of drug-likeness (QED) is 0.229. The van der Waals surface area contributed by atoms with E-state index in [-0.39, 0.29) is 16.9 Å². The van der Waals surface area contributed by atoms with E-state index >= 15 is 0 Å². The van der Waals surface area contributed by atoms with Crippen LogP contribution in [0, 0.1) is 0 Å². The van der Waals surface area contributed by atoms with Gasteiger partial charge < -0.3 is 13.9 Å². The Morgan fingerprint density at radius 2 is 1.71 bits per heavy atom. The number of rotatable bonds is 6. The molecule has 0 bridgehead atoms. The van der Waals surface area contributed by atoms with Gasteiger partial charge in [0.15, 0.2) is 0 Å². The molecule has 0 atom stereocenters. The summed E-state index contributed by atoms with van der Waals surface area (Å²) in [6.07, 6.45) is 5.20. The first-order chi connectivity index (χ1) is 15.1. The van der Waals surface area contributed by atoms with Crippen molar-refractivity contribution in [3.05, 3.63) is 106 Å². The number of hydrogen-bond donors (Lipinski definition) is 0. The molecule has 31 heavy (non-hydrogen) atoms. The Hall–Kier alpha value is -4.12. The minimum Gasteiger partial charge on any atom is -0.460 e. The molecule has 0 unspecified atom stereocenters. The summed E-state index contributed by atoms with van der Waals surface area (Å²) in [7, 11) is 0. The van der Waals surface area contributed by atoms with Crippen LogP contribution < -0.4 is 14.9 Å². The third kappa shape index (κ3) is 4.90. The molecule has 3 aromatic carbocycles. The molecule has 154 valence electrons. The predicted molar refractivity (Wildman–Crippen MR) is 119 cm³/mol. The Bertz CT molecular complexity index is 1290. The van der Waals surface area contributed by atoms with Crippen molar-refractivity contribution in [1.82, 2.24) is 0 Å². The van der Waals surface area contributed by atoms with E-state index in [1.54, 1.807) is 18.2 Å². The lowest BCUT2D eigenvalue weighted by Gasteiger charge is -2.07. The third-order valence-corrected chi connectivity index (χ3v) is 4.70. The maximum Gasteiger partial charge on any atom is 0.336 e. The molecule has 0 aliphatic carbocycles. The van der Waals surface area contributed by atoms with Crippen LogP contribution >= 0.6 is 0 Å². The van der Waals surface area contributed by atoms with Crippen LogP contribution in [0.25, 0.3) is 17.0 Å². The van der Waals surface area contributed by atoms with Crippen molar-refractivity contribution >= 4 is 23.0 Å².